The fraction of sp³-hybridized carbons (Fsp3) is 0.520. The Bertz CT molecular complexity index is 593. The monoisotopic (exact) mass is 367 g/mol. The molecule has 2 N–H and O–H groups in total. The van der Waals surface area contributed by atoms with Gasteiger partial charge in [-0.3, -0.25) is 0 Å². The van der Waals surface area contributed by atoms with Crippen LogP contribution in [-0.2, 0) is 6.42 Å². The van der Waals surface area contributed by atoms with Crippen LogP contribution < -0.4 is 5.32 Å². The molecule has 1 atom stereocenters. The molecule has 0 spiro atoms. The molecule has 0 bridgehead atoms. The molecule has 0 fully saturated rings. The van der Waals surface area contributed by atoms with Crippen molar-refractivity contribution < 1.29 is 5.11 Å². The molecule has 0 amide bonds. The second-order valence-corrected chi connectivity index (χ2v) is 7.64. The largest absolute Gasteiger partial charge is 0.393 e. The van der Waals surface area contributed by atoms with Gasteiger partial charge in [-0.15, -0.1) is 0 Å². The van der Waals surface area contributed by atoms with Crippen molar-refractivity contribution >= 4 is 11.4 Å². The van der Waals surface area contributed by atoms with Gasteiger partial charge in [0.15, 0.2) is 0 Å². The fourth-order valence-electron chi connectivity index (χ4n) is 3.46. The normalized spacial score (nSPS) is 12.1. The van der Waals surface area contributed by atoms with Gasteiger partial charge in [0.05, 0.1) is 6.10 Å². The van der Waals surface area contributed by atoms with E-state index in [1.54, 1.807) is 0 Å². The number of rotatable bonds is 14. The first-order valence-corrected chi connectivity index (χ1v) is 10.9. The van der Waals surface area contributed by atoms with Crippen molar-refractivity contribution in [1.29, 1.82) is 0 Å². The van der Waals surface area contributed by atoms with Crippen LogP contribution in [0.25, 0.3) is 0 Å². The number of aliphatic hydroxyl groups excluding tert-OH is 1. The first-order chi connectivity index (χ1) is 13.3. The maximum atomic E-state index is 9.94. The topological polar surface area (TPSA) is 32.3 Å². The van der Waals surface area contributed by atoms with Crippen LogP contribution in [0.1, 0.15) is 76.7 Å². The number of anilines is 2. The summed E-state index contributed by atoms with van der Waals surface area (Å²) < 4.78 is 0. The molecular formula is C25H37NO. The van der Waals surface area contributed by atoms with Gasteiger partial charge in [0.2, 0.25) is 0 Å². The van der Waals surface area contributed by atoms with Crippen LogP contribution in [0.5, 0.6) is 0 Å². The van der Waals surface area contributed by atoms with Crippen LogP contribution in [0.4, 0.5) is 11.4 Å². The number of nitrogens with one attached hydrogen (secondary N) is 1. The third-order valence-corrected chi connectivity index (χ3v) is 5.16. The summed E-state index contributed by atoms with van der Waals surface area (Å²) in [5, 5.41) is 13.4. The van der Waals surface area contributed by atoms with E-state index in [4.69, 9.17) is 0 Å². The van der Waals surface area contributed by atoms with E-state index in [1.807, 2.05) is 18.2 Å². The summed E-state index contributed by atoms with van der Waals surface area (Å²) in [7, 11) is 0. The van der Waals surface area contributed by atoms with Crippen LogP contribution >= 0.6 is 0 Å². The maximum absolute atomic E-state index is 9.94. The minimum atomic E-state index is -0.0699. The SMILES string of the molecule is CCCCCC(O)CCCCCCCc1ccc(Nc2ccccc2)cc1. The minimum absolute atomic E-state index is 0.0699. The van der Waals surface area contributed by atoms with Gasteiger partial charge in [-0.05, 0) is 55.5 Å². The zero-order chi connectivity index (χ0) is 19.2. The van der Waals surface area contributed by atoms with Crippen molar-refractivity contribution in [1.82, 2.24) is 0 Å². The summed E-state index contributed by atoms with van der Waals surface area (Å²) >= 11 is 0. The highest BCUT2D eigenvalue weighted by Crippen LogP contribution is 2.18. The molecule has 0 aliphatic carbocycles. The average Bonchev–Trinajstić information content (AvgIpc) is 2.69. The maximum Gasteiger partial charge on any atom is 0.0540 e. The Morgan fingerprint density at radius 3 is 2.00 bits per heavy atom. The number of hydrogen-bond donors (Lipinski definition) is 2. The van der Waals surface area contributed by atoms with Gasteiger partial charge in [0.1, 0.15) is 0 Å². The van der Waals surface area contributed by atoms with Gasteiger partial charge in [0, 0.05) is 11.4 Å². The molecule has 2 aromatic rings. The Kier molecular flexibility index (Phi) is 10.7. The Morgan fingerprint density at radius 2 is 1.30 bits per heavy atom. The van der Waals surface area contributed by atoms with Crippen LogP contribution in [0, 0.1) is 0 Å². The van der Waals surface area contributed by atoms with E-state index in [0.29, 0.717) is 0 Å². The lowest BCUT2D eigenvalue weighted by molar-refractivity contribution is 0.147. The van der Waals surface area contributed by atoms with Crippen LogP contribution in [0.2, 0.25) is 0 Å². The van der Waals surface area contributed by atoms with Gasteiger partial charge < -0.3 is 10.4 Å². The van der Waals surface area contributed by atoms with Crippen molar-refractivity contribution in [3.63, 3.8) is 0 Å². The molecular weight excluding hydrogens is 330 g/mol. The van der Waals surface area contributed by atoms with Gasteiger partial charge in [-0.25, -0.2) is 0 Å². The molecule has 2 heteroatoms. The predicted octanol–water partition coefficient (Wildman–Crippen LogP) is 7.25. The van der Waals surface area contributed by atoms with Gasteiger partial charge in [-0.2, -0.15) is 0 Å². The van der Waals surface area contributed by atoms with Crippen molar-refractivity contribution in [2.24, 2.45) is 0 Å². The lowest BCUT2D eigenvalue weighted by atomic mass is 10.0. The van der Waals surface area contributed by atoms with Crippen LogP contribution in [-0.4, -0.2) is 11.2 Å². The van der Waals surface area contributed by atoms with Gasteiger partial charge in [-0.1, -0.05) is 82.2 Å². The number of para-hydroxylation sites is 1. The van der Waals surface area contributed by atoms with E-state index in [2.05, 4.69) is 48.6 Å². The van der Waals surface area contributed by atoms with E-state index in [9.17, 15) is 5.11 Å². The highest BCUT2D eigenvalue weighted by atomic mass is 16.3. The van der Waals surface area contributed by atoms with E-state index < -0.39 is 0 Å². The van der Waals surface area contributed by atoms with E-state index in [-0.39, 0.29) is 6.10 Å². The van der Waals surface area contributed by atoms with Crippen molar-refractivity contribution in [2.45, 2.75) is 83.7 Å². The molecule has 0 radical (unpaired) electrons. The minimum Gasteiger partial charge on any atom is -0.393 e. The highest BCUT2D eigenvalue weighted by molar-refractivity contribution is 5.59. The number of hydrogen-bond acceptors (Lipinski definition) is 2. The summed E-state index contributed by atoms with van der Waals surface area (Å²) in [6.07, 6.45) is 13.0. The summed E-state index contributed by atoms with van der Waals surface area (Å²) in [5.74, 6) is 0. The van der Waals surface area contributed by atoms with Gasteiger partial charge >= 0.3 is 0 Å². The third-order valence-electron chi connectivity index (χ3n) is 5.16. The highest BCUT2D eigenvalue weighted by Gasteiger charge is 2.03. The lowest BCUT2D eigenvalue weighted by Crippen LogP contribution is -2.05. The fourth-order valence-corrected chi connectivity index (χ4v) is 3.46. The molecule has 2 aromatic carbocycles. The Morgan fingerprint density at radius 1 is 0.704 bits per heavy atom. The summed E-state index contributed by atoms with van der Waals surface area (Å²) in [5.41, 5.74) is 3.68. The quantitative estimate of drug-likeness (QED) is 0.344. The second-order valence-electron chi connectivity index (χ2n) is 7.64. The van der Waals surface area contributed by atoms with E-state index in [1.165, 1.54) is 56.9 Å². The third kappa shape index (κ3) is 9.63. The van der Waals surface area contributed by atoms with Crippen LogP contribution in [0.3, 0.4) is 0 Å². The van der Waals surface area contributed by atoms with Crippen LogP contribution in [0.15, 0.2) is 54.6 Å². The molecule has 0 aliphatic rings. The molecule has 0 aliphatic heterocycles. The molecule has 27 heavy (non-hydrogen) atoms. The zero-order valence-electron chi connectivity index (χ0n) is 17.0. The molecule has 2 nitrogen and oxygen atoms in total. The number of aliphatic hydroxyl groups is 1. The number of unbranched alkanes of at least 4 members (excludes halogenated alkanes) is 6. The Labute approximate surface area is 166 Å². The molecule has 0 saturated heterocycles. The first kappa shape index (κ1) is 21.5. The molecule has 0 heterocycles. The van der Waals surface area contributed by atoms with E-state index >= 15 is 0 Å². The molecule has 0 saturated carbocycles. The molecule has 148 valence electrons. The van der Waals surface area contributed by atoms with Crippen molar-refractivity contribution in [3.05, 3.63) is 60.2 Å². The first-order valence-electron chi connectivity index (χ1n) is 10.9. The van der Waals surface area contributed by atoms with Crippen molar-refractivity contribution in [2.75, 3.05) is 5.32 Å². The molecule has 0 aromatic heterocycles. The van der Waals surface area contributed by atoms with Gasteiger partial charge in [0.25, 0.3) is 0 Å². The summed E-state index contributed by atoms with van der Waals surface area (Å²) in [4.78, 5) is 0. The Balaban J connectivity index is 1.52. The summed E-state index contributed by atoms with van der Waals surface area (Å²) in [6.45, 7) is 2.21. The number of aryl methyl sites for hydroxylation is 1. The zero-order valence-corrected chi connectivity index (χ0v) is 17.0. The predicted molar refractivity (Wildman–Crippen MR) is 118 cm³/mol. The standard InChI is InChI=1S/C25H37NO/c1-2-3-8-16-25(27)17-12-6-4-5-9-13-22-18-20-24(21-19-22)26-23-14-10-7-11-15-23/h7,10-11,14-15,18-21,25-27H,2-6,8-9,12-13,16-17H2,1H3. The molecule has 2 rings (SSSR count). The smallest absolute Gasteiger partial charge is 0.0540 e. The average molecular weight is 368 g/mol. The second kappa shape index (κ2) is 13.4. The summed E-state index contributed by atoms with van der Waals surface area (Å²) in [6, 6.07) is 19.1. The number of benzene rings is 2. The molecule has 1 unspecified atom stereocenters. The Hall–Kier alpha value is -1.80. The van der Waals surface area contributed by atoms with E-state index in [0.717, 1.165) is 30.6 Å². The van der Waals surface area contributed by atoms with Crippen molar-refractivity contribution in [3.8, 4) is 0 Å². The lowest BCUT2D eigenvalue weighted by Gasteiger charge is -2.10.